The predicted molar refractivity (Wildman–Crippen MR) is 100 cm³/mol. The zero-order chi connectivity index (χ0) is 16.8. The summed E-state index contributed by atoms with van der Waals surface area (Å²) in [5.41, 5.74) is 2.32. The van der Waals surface area contributed by atoms with Crippen molar-refractivity contribution in [2.45, 2.75) is 27.7 Å². The molecule has 0 bridgehead atoms. The molecule has 0 spiro atoms. The van der Waals surface area contributed by atoms with Crippen molar-refractivity contribution in [2.75, 3.05) is 0 Å². The molecule has 0 saturated heterocycles. The second-order valence-electron chi connectivity index (χ2n) is 3.67. The molecule has 24 heavy (non-hydrogen) atoms. The largest absolute Gasteiger partial charge is 0.433 e. The first-order valence-corrected chi connectivity index (χ1v) is 7.47. The molecule has 0 aromatic heterocycles. The van der Waals surface area contributed by atoms with Crippen LogP contribution in [0, 0.1) is 14.0 Å². The summed E-state index contributed by atoms with van der Waals surface area (Å²) in [7, 11) is 0. The van der Waals surface area contributed by atoms with Crippen molar-refractivity contribution >= 4 is 11.9 Å². The van der Waals surface area contributed by atoms with Crippen molar-refractivity contribution in [3.63, 3.8) is 0 Å². The van der Waals surface area contributed by atoms with Crippen molar-refractivity contribution in [3.05, 3.63) is 96.3 Å². The first-order chi connectivity index (χ1) is 10.9. The van der Waals surface area contributed by atoms with Gasteiger partial charge in [0.2, 0.25) is 0 Å². The van der Waals surface area contributed by atoms with Gasteiger partial charge in [0, 0.05) is 32.7 Å². The van der Waals surface area contributed by atoms with Crippen LogP contribution in [0.4, 0.5) is 0 Å². The van der Waals surface area contributed by atoms with Gasteiger partial charge in [0.15, 0.2) is 0 Å². The van der Waals surface area contributed by atoms with E-state index in [9.17, 15) is 4.79 Å². The predicted octanol–water partition coefficient (Wildman–Crippen LogP) is 5.98. The zero-order valence-corrected chi connectivity index (χ0v) is 18.0. The minimum atomic E-state index is 0. The second-order valence-corrected chi connectivity index (χ2v) is 3.67. The summed E-state index contributed by atoms with van der Waals surface area (Å²) in [6.45, 7) is 15.1. The summed E-state index contributed by atoms with van der Waals surface area (Å²) < 4.78 is 0. The summed E-state index contributed by atoms with van der Waals surface area (Å²) >= 11 is 0. The van der Waals surface area contributed by atoms with Gasteiger partial charge in [-0.2, -0.15) is 5.57 Å². The normalized spacial score (nSPS) is 7.46. The molecule has 0 heterocycles. The van der Waals surface area contributed by atoms with Crippen molar-refractivity contribution in [3.8, 4) is 0 Å². The minimum Gasteiger partial charge on any atom is -0.433 e. The van der Waals surface area contributed by atoms with E-state index in [2.05, 4.69) is 4.85 Å². The molecule has 0 amide bonds. The Hall–Kier alpha value is -1.56. The Kier molecular flexibility index (Phi) is 20.2. The Morgan fingerprint density at radius 3 is 1.42 bits per heavy atom. The smallest absolute Gasteiger partial charge is 0.0887 e. The Morgan fingerprint density at radius 2 is 1.17 bits per heavy atom. The van der Waals surface area contributed by atoms with E-state index in [1.807, 2.05) is 88.4 Å². The molecule has 0 unspecified atom stereocenters. The Bertz CT molecular complexity index is 572. The molecule has 0 aliphatic carbocycles. The van der Waals surface area contributed by atoms with Gasteiger partial charge in [0.25, 0.3) is 0 Å². The van der Waals surface area contributed by atoms with Gasteiger partial charge in [-0.1, -0.05) is 88.4 Å². The average Bonchev–Trinajstić information content (AvgIpc) is 2.64. The third-order valence-electron chi connectivity index (χ3n) is 2.57. The molecule has 2 aromatic carbocycles. The van der Waals surface area contributed by atoms with Crippen LogP contribution in [0.2, 0.25) is 0 Å². The molecule has 0 N–H and O–H groups in total. The van der Waals surface area contributed by atoms with Crippen LogP contribution in [0.25, 0.3) is 10.4 Å². The van der Waals surface area contributed by atoms with Crippen molar-refractivity contribution < 1.29 is 37.5 Å². The molecule has 1 radical (unpaired) electrons. The van der Waals surface area contributed by atoms with Crippen LogP contribution in [0.5, 0.6) is 0 Å². The molecule has 2 aromatic rings. The van der Waals surface area contributed by atoms with Crippen molar-refractivity contribution in [2.24, 2.45) is 0 Å². The first kappa shape index (κ1) is 27.3. The van der Waals surface area contributed by atoms with Crippen LogP contribution < -0.4 is 0 Å². The molecule has 3 heteroatoms. The van der Waals surface area contributed by atoms with Gasteiger partial charge in [0.1, 0.15) is 0 Å². The number of benzene rings is 2. The standard InChI is InChI=1S/C16H10NO.2C2H6.CH3.Y/c1-17-15(12-18)16(13-8-4-2-5-9-13)14-10-6-3-7-11-14;2*1-2;;/h2-11H;2*1-2H3;1H3;/q-1;;;-1;. The summed E-state index contributed by atoms with van der Waals surface area (Å²) in [5, 5.41) is 0. The van der Waals surface area contributed by atoms with Crippen LogP contribution in [0.3, 0.4) is 0 Å². The van der Waals surface area contributed by atoms with E-state index >= 15 is 0 Å². The Balaban J connectivity index is -0.000000684. The molecular weight excluding hydrogens is 371 g/mol. The van der Waals surface area contributed by atoms with Gasteiger partial charge in [-0.15, -0.1) is 11.1 Å². The number of hydrogen-bond acceptors (Lipinski definition) is 1. The van der Waals surface area contributed by atoms with Crippen LogP contribution in [-0.2, 0) is 37.5 Å². The van der Waals surface area contributed by atoms with Crippen LogP contribution >= 0.6 is 0 Å². The van der Waals surface area contributed by atoms with Gasteiger partial charge < -0.3 is 12.2 Å². The summed E-state index contributed by atoms with van der Waals surface area (Å²) in [6, 6.07) is 18.8. The van der Waals surface area contributed by atoms with Gasteiger partial charge >= 0.3 is 0 Å². The molecule has 0 aliphatic rings. The van der Waals surface area contributed by atoms with E-state index in [-0.39, 0.29) is 45.8 Å². The SMILES string of the molecule is CC.CC.[C-]#[N+]C([C-]=O)=C(c1ccccc1)c1ccccc1.[CH3-].[Y]. The maximum atomic E-state index is 10.9. The summed E-state index contributed by atoms with van der Waals surface area (Å²) in [6.07, 6.45) is 1.72. The van der Waals surface area contributed by atoms with Crippen LogP contribution in [0.15, 0.2) is 66.4 Å². The fraction of sp³-hybridized carbons (Fsp3) is 0.190. The van der Waals surface area contributed by atoms with Crippen molar-refractivity contribution in [1.82, 2.24) is 0 Å². The summed E-state index contributed by atoms with van der Waals surface area (Å²) in [4.78, 5) is 14.2. The number of hydrogen-bond donors (Lipinski definition) is 0. The minimum absolute atomic E-state index is 0. The fourth-order valence-corrected chi connectivity index (χ4v) is 1.78. The molecular formula is C21H25NOY-2. The molecule has 2 nitrogen and oxygen atoms in total. The quantitative estimate of drug-likeness (QED) is 0.462. The van der Waals surface area contributed by atoms with Gasteiger partial charge in [0.05, 0.1) is 12.3 Å². The zero-order valence-electron chi connectivity index (χ0n) is 15.2. The van der Waals surface area contributed by atoms with E-state index < -0.39 is 0 Å². The molecule has 2 rings (SSSR count). The van der Waals surface area contributed by atoms with E-state index in [1.165, 1.54) is 0 Å². The van der Waals surface area contributed by atoms with Crippen LogP contribution in [-0.4, -0.2) is 6.29 Å². The van der Waals surface area contributed by atoms with Gasteiger partial charge in [-0.25, -0.2) is 0 Å². The third-order valence-corrected chi connectivity index (χ3v) is 2.57. The monoisotopic (exact) mass is 396 g/mol. The van der Waals surface area contributed by atoms with E-state index in [1.54, 1.807) is 6.29 Å². The third kappa shape index (κ3) is 8.34. The Labute approximate surface area is 172 Å². The molecule has 125 valence electrons. The first-order valence-electron chi connectivity index (χ1n) is 7.47. The van der Waals surface area contributed by atoms with E-state index in [0.29, 0.717) is 5.57 Å². The fourth-order valence-electron chi connectivity index (χ4n) is 1.78. The molecule has 0 fully saturated rings. The Morgan fingerprint density at radius 1 is 0.833 bits per heavy atom. The summed E-state index contributed by atoms with van der Waals surface area (Å²) in [5.74, 6) is 0. The number of nitrogens with zero attached hydrogens (tertiary/aromatic N) is 1. The molecule has 0 atom stereocenters. The number of carbonyl (C=O) groups excluding carboxylic acids is 1. The topological polar surface area (TPSA) is 21.4 Å². The number of rotatable bonds is 3. The van der Waals surface area contributed by atoms with Crippen LogP contribution in [0.1, 0.15) is 38.8 Å². The van der Waals surface area contributed by atoms with E-state index in [0.717, 1.165) is 11.1 Å². The van der Waals surface area contributed by atoms with Crippen molar-refractivity contribution in [1.29, 1.82) is 0 Å². The average molecular weight is 396 g/mol. The van der Waals surface area contributed by atoms with Gasteiger partial charge in [-0.05, 0) is 6.29 Å². The van der Waals surface area contributed by atoms with Gasteiger partial charge in [-0.3, -0.25) is 4.85 Å². The number of allylic oxidation sites excluding steroid dienone is 1. The van der Waals surface area contributed by atoms with E-state index in [4.69, 9.17) is 6.57 Å². The second kappa shape index (κ2) is 17.8. The maximum absolute atomic E-state index is 10.9. The maximum Gasteiger partial charge on any atom is 0.0887 e. The molecule has 0 aliphatic heterocycles. The molecule has 0 saturated carbocycles.